The van der Waals surface area contributed by atoms with E-state index in [0.29, 0.717) is 25.6 Å². The van der Waals surface area contributed by atoms with Gasteiger partial charge in [-0.15, -0.1) is 0 Å². The van der Waals surface area contributed by atoms with Crippen molar-refractivity contribution in [2.45, 2.75) is 24.3 Å². The Balaban J connectivity index is 2.29. The Kier molecular flexibility index (Phi) is 4.35. The number of aromatic nitrogens is 1. The SMILES string of the molecule is CCC1COCCN1S(=O)(=O)c1ccc(NN)nc1. The van der Waals surface area contributed by atoms with Crippen LogP contribution in [0.5, 0.6) is 0 Å². The van der Waals surface area contributed by atoms with Crippen LogP contribution in [0, 0.1) is 0 Å². The first-order valence-corrected chi connectivity index (χ1v) is 7.56. The van der Waals surface area contributed by atoms with Crippen LogP contribution in [0.1, 0.15) is 13.3 Å². The van der Waals surface area contributed by atoms with E-state index in [-0.39, 0.29) is 10.9 Å². The van der Waals surface area contributed by atoms with Gasteiger partial charge in [0.15, 0.2) is 0 Å². The fourth-order valence-electron chi connectivity index (χ4n) is 2.03. The molecular weight excluding hydrogens is 268 g/mol. The number of morpholine rings is 1. The number of ether oxygens (including phenoxy) is 1. The molecule has 19 heavy (non-hydrogen) atoms. The third-order valence-electron chi connectivity index (χ3n) is 3.14. The number of sulfonamides is 1. The monoisotopic (exact) mass is 286 g/mol. The maximum Gasteiger partial charge on any atom is 0.245 e. The first-order valence-electron chi connectivity index (χ1n) is 6.12. The fraction of sp³-hybridized carbons (Fsp3) is 0.545. The van der Waals surface area contributed by atoms with Gasteiger partial charge in [-0.1, -0.05) is 6.92 Å². The lowest BCUT2D eigenvalue weighted by atomic mass is 10.2. The van der Waals surface area contributed by atoms with Crippen LogP contribution in [0.3, 0.4) is 0 Å². The van der Waals surface area contributed by atoms with Crippen molar-refractivity contribution in [3.05, 3.63) is 18.3 Å². The molecule has 1 aromatic heterocycles. The van der Waals surface area contributed by atoms with Gasteiger partial charge in [0.1, 0.15) is 10.7 Å². The molecule has 1 aliphatic heterocycles. The van der Waals surface area contributed by atoms with Crippen molar-refractivity contribution in [3.63, 3.8) is 0 Å². The molecule has 1 unspecified atom stereocenters. The summed E-state index contributed by atoms with van der Waals surface area (Å²) >= 11 is 0. The zero-order chi connectivity index (χ0) is 13.9. The first-order chi connectivity index (χ1) is 9.09. The second kappa shape index (κ2) is 5.83. The van der Waals surface area contributed by atoms with Gasteiger partial charge < -0.3 is 10.2 Å². The topological polar surface area (TPSA) is 97.5 Å². The normalized spacial score (nSPS) is 21.3. The van der Waals surface area contributed by atoms with Crippen molar-refractivity contribution in [3.8, 4) is 0 Å². The van der Waals surface area contributed by atoms with E-state index in [1.54, 1.807) is 0 Å². The molecule has 7 nitrogen and oxygen atoms in total. The average Bonchev–Trinajstić information content (AvgIpc) is 2.47. The second-order valence-electron chi connectivity index (χ2n) is 4.28. The fourth-order valence-corrected chi connectivity index (χ4v) is 3.65. The smallest absolute Gasteiger partial charge is 0.245 e. The highest BCUT2D eigenvalue weighted by Gasteiger charge is 2.33. The largest absolute Gasteiger partial charge is 0.378 e. The van der Waals surface area contributed by atoms with Gasteiger partial charge in [-0.25, -0.2) is 19.2 Å². The minimum absolute atomic E-state index is 0.119. The highest BCUT2D eigenvalue weighted by Crippen LogP contribution is 2.22. The minimum Gasteiger partial charge on any atom is -0.378 e. The molecule has 0 aromatic carbocycles. The lowest BCUT2D eigenvalue weighted by Gasteiger charge is -2.33. The van der Waals surface area contributed by atoms with Gasteiger partial charge in [-0.2, -0.15) is 4.31 Å². The van der Waals surface area contributed by atoms with Crippen molar-refractivity contribution < 1.29 is 13.2 Å². The summed E-state index contributed by atoms with van der Waals surface area (Å²) in [6.07, 6.45) is 2.03. The van der Waals surface area contributed by atoms with E-state index in [4.69, 9.17) is 10.6 Å². The molecule has 1 atom stereocenters. The van der Waals surface area contributed by atoms with Gasteiger partial charge in [0.25, 0.3) is 0 Å². The van der Waals surface area contributed by atoms with Crippen LogP contribution in [0.2, 0.25) is 0 Å². The number of hydrogen-bond donors (Lipinski definition) is 2. The number of hydrazine groups is 1. The molecule has 1 fully saturated rings. The third kappa shape index (κ3) is 2.86. The summed E-state index contributed by atoms with van der Waals surface area (Å²) in [4.78, 5) is 4.11. The number of nitrogens with one attached hydrogen (secondary N) is 1. The standard InChI is InChI=1S/C11H18N4O3S/c1-2-9-8-18-6-5-15(9)19(16,17)10-3-4-11(14-12)13-7-10/h3-4,7,9H,2,5-6,8,12H2,1H3,(H,13,14). The molecule has 0 amide bonds. The van der Waals surface area contributed by atoms with Crippen LogP contribution >= 0.6 is 0 Å². The third-order valence-corrected chi connectivity index (χ3v) is 5.07. The number of rotatable bonds is 4. The van der Waals surface area contributed by atoms with Crippen LogP contribution in [0.25, 0.3) is 0 Å². The molecule has 1 aliphatic rings. The molecule has 0 aliphatic carbocycles. The Bertz CT molecular complexity index is 517. The van der Waals surface area contributed by atoms with Crippen LogP contribution < -0.4 is 11.3 Å². The van der Waals surface area contributed by atoms with E-state index < -0.39 is 10.0 Å². The molecule has 3 N–H and O–H groups in total. The van der Waals surface area contributed by atoms with Gasteiger partial charge in [-0.05, 0) is 18.6 Å². The van der Waals surface area contributed by atoms with E-state index in [2.05, 4.69) is 10.4 Å². The van der Waals surface area contributed by atoms with Gasteiger partial charge in [0.2, 0.25) is 10.0 Å². The molecule has 106 valence electrons. The van der Waals surface area contributed by atoms with Gasteiger partial charge in [-0.3, -0.25) is 0 Å². The summed E-state index contributed by atoms with van der Waals surface area (Å²) in [5.74, 6) is 5.63. The number of hydrogen-bond acceptors (Lipinski definition) is 6. The summed E-state index contributed by atoms with van der Waals surface area (Å²) in [5, 5.41) is 0. The molecule has 1 saturated heterocycles. The highest BCUT2D eigenvalue weighted by atomic mass is 32.2. The summed E-state index contributed by atoms with van der Waals surface area (Å²) in [7, 11) is -3.53. The van der Waals surface area contributed by atoms with Crippen LogP contribution in [0.15, 0.2) is 23.2 Å². The second-order valence-corrected chi connectivity index (χ2v) is 6.17. The minimum atomic E-state index is -3.53. The van der Waals surface area contributed by atoms with Gasteiger partial charge >= 0.3 is 0 Å². The van der Waals surface area contributed by atoms with E-state index in [0.717, 1.165) is 6.42 Å². The van der Waals surface area contributed by atoms with Crippen molar-refractivity contribution in [1.29, 1.82) is 0 Å². The molecule has 1 aromatic rings. The number of nitrogens with zero attached hydrogens (tertiary/aromatic N) is 2. The Morgan fingerprint density at radius 2 is 2.37 bits per heavy atom. The van der Waals surface area contributed by atoms with E-state index in [1.807, 2.05) is 6.92 Å². The Hall–Kier alpha value is -1.22. The molecule has 0 spiro atoms. The Morgan fingerprint density at radius 1 is 1.58 bits per heavy atom. The number of nitrogens with two attached hydrogens (primary N) is 1. The zero-order valence-corrected chi connectivity index (χ0v) is 11.6. The Morgan fingerprint density at radius 3 is 2.95 bits per heavy atom. The predicted octanol–water partition coefficient (Wildman–Crippen LogP) is 0.167. The van der Waals surface area contributed by atoms with E-state index in [9.17, 15) is 8.42 Å². The first kappa shape index (κ1) is 14.2. The highest BCUT2D eigenvalue weighted by molar-refractivity contribution is 7.89. The van der Waals surface area contributed by atoms with Crippen molar-refractivity contribution in [1.82, 2.24) is 9.29 Å². The van der Waals surface area contributed by atoms with Crippen molar-refractivity contribution in [2.24, 2.45) is 5.84 Å². The van der Waals surface area contributed by atoms with Crippen LogP contribution in [0.4, 0.5) is 5.82 Å². The molecule has 8 heteroatoms. The molecule has 0 saturated carbocycles. The van der Waals surface area contributed by atoms with Crippen molar-refractivity contribution >= 4 is 15.8 Å². The van der Waals surface area contributed by atoms with E-state index in [1.165, 1.54) is 22.6 Å². The quantitative estimate of drug-likeness (QED) is 0.605. The molecule has 2 rings (SSSR count). The molecule has 2 heterocycles. The van der Waals surface area contributed by atoms with Crippen LogP contribution in [-0.4, -0.2) is 43.5 Å². The molecule has 0 radical (unpaired) electrons. The molecule has 0 bridgehead atoms. The van der Waals surface area contributed by atoms with Crippen molar-refractivity contribution in [2.75, 3.05) is 25.2 Å². The van der Waals surface area contributed by atoms with Crippen LogP contribution in [-0.2, 0) is 14.8 Å². The summed E-state index contributed by atoms with van der Waals surface area (Å²) < 4.78 is 31.9. The number of anilines is 1. The zero-order valence-electron chi connectivity index (χ0n) is 10.7. The summed E-state index contributed by atoms with van der Waals surface area (Å²) in [6, 6.07) is 2.92. The number of nitrogen functional groups attached to an aromatic ring is 1. The summed E-state index contributed by atoms with van der Waals surface area (Å²) in [5.41, 5.74) is 2.37. The Labute approximate surface area is 112 Å². The average molecular weight is 286 g/mol. The van der Waals surface area contributed by atoms with Gasteiger partial charge in [0.05, 0.1) is 13.2 Å². The summed E-state index contributed by atoms with van der Waals surface area (Å²) in [6.45, 7) is 3.18. The van der Waals surface area contributed by atoms with Gasteiger partial charge in [0, 0.05) is 18.8 Å². The lowest BCUT2D eigenvalue weighted by Crippen LogP contribution is -2.48. The molecular formula is C11H18N4O3S. The maximum absolute atomic E-state index is 12.5. The lowest BCUT2D eigenvalue weighted by molar-refractivity contribution is 0.0314. The van der Waals surface area contributed by atoms with E-state index >= 15 is 0 Å². The predicted molar refractivity (Wildman–Crippen MR) is 70.8 cm³/mol. The maximum atomic E-state index is 12.5. The number of pyridine rings is 1.